The Morgan fingerprint density at radius 2 is 1.93 bits per heavy atom. The van der Waals surface area contributed by atoms with Crippen LogP contribution in [0.2, 0.25) is 0 Å². The molecule has 4 nitrogen and oxygen atoms in total. The first-order chi connectivity index (χ1) is 14.6. The number of nitrogens with zero attached hydrogens (tertiary/aromatic N) is 3. The summed E-state index contributed by atoms with van der Waals surface area (Å²) < 4.78 is 13.1. The van der Waals surface area contributed by atoms with Gasteiger partial charge in [0.15, 0.2) is 0 Å². The first-order valence-electron chi connectivity index (χ1n) is 10.5. The van der Waals surface area contributed by atoms with Crippen molar-refractivity contribution >= 4 is 5.91 Å². The lowest BCUT2D eigenvalue weighted by Gasteiger charge is -2.33. The number of hydrogen-bond acceptors (Lipinski definition) is 3. The lowest BCUT2D eigenvalue weighted by Crippen LogP contribution is -2.39. The fourth-order valence-corrected chi connectivity index (χ4v) is 4.15. The fraction of sp³-hybridized carbons (Fsp3) is 0.320. The Morgan fingerprint density at radius 3 is 2.73 bits per heavy atom. The van der Waals surface area contributed by atoms with Gasteiger partial charge in [0.1, 0.15) is 5.82 Å². The smallest absolute Gasteiger partial charge is 0.222 e. The molecule has 4 rings (SSSR count). The third-order valence-corrected chi connectivity index (χ3v) is 5.72. The van der Waals surface area contributed by atoms with Gasteiger partial charge in [-0.25, -0.2) is 4.39 Å². The molecule has 0 spiro atoms. The van der Waals surface area contributed by atoms with Crippen LogP contribution in [0.15, 0.2) is 60.9 Å². The zero-order valence-electron chi connectivity index (χ0n) is 17.2. The number of benzene rings is 2. The Bertz CT molecular complexity index is 1020. The zero-order valence-corrected chi connectivity index (χ0v) is 17.2. The molecule has 0 radical (unpaired) electrons. The van der Waals surface area contributed by atoms with Crippen molar-refractivity contribution in [2.24, 2.45) is 0 Å². The van der Waals surface area contributed by atoms with E-state index < -0.39 is 0 Å². The van der Waals surface area contributed by atoms with Gasteiger partial charge in [-0.3, -0.25) is 14.8 Å². The molecule has 154 valence electrons. The molecule has 2 aromatic carbocycles. The Hall–Kier alpha value is -3.08. The highest BCUT2D eigenvalue weighted by molar-refractivity contribution is 5.76. The van der Waals surface area contributed by atoms with Crippen molar-refractivity contribution < 1.29 is 9.18 Å². The molecule has 0 N–H and O–H groups in total. The van der Waals surface area contributed by atoms with Crippen LogP contribution in [0.3, 0.4) is 0 Å². The molecular weight excluding hydrogens is 377 g/mol. The summed E-state index contributed by atoms with van der Waals surface area (Å²) in [5, 5.41) is 0. The number of piperidine rings is 1. The van der Waals surface area contributed by atoms with Gasteiger partial charge in [-0.15, -0.1) is 0 Å². The van der Waals surface area contributed by atoms with Gasteiger partial charge in [-0.1, -0.05) is 35.9 Å². The number of aromatic nitrogens is 2. The number of likely N-dealkylation sites (tertiary alicyclic amines) is 1. The first kappa shape index (κ1) is 20.2. The molecule has 1 aliphatic rings. The van der Waals surface area contributed by atoms with Crippen molar-refractivity contribution in [1.29, 1.82) is 0 Å². The molecule has 1 atom stereocenters. The third-order valence-electron chi connectivity index (χ3n) is 5.72. The average Bonchev–Trinajstić information content (AvgIpc) is 2.78. The van der Waals surface area contributed by atoms with E-state index in [0.29, 0.717) is 19.4 Å². The molecule has 5 heteroatoms. The predicted molar refractivity (Wildman–Crippen MR) is 115 cm³/mol. The second-order valence-electron chi connectivity index (χ2n) is 7.97. The number of amides is 1. The maximum absolute atomic E-state index is 13.1. The van der Waals surface area contributed by atoms with Crippen molar-refractivity contribution in [3.05, 3.63) is 83.6 Å². The number of halogens is 1. The van der Waals surface area contributed by atoms with Gasteiger partial charge in [0, 0.05) is 43.4 Å². The highest BCUT2D eigenvalue weighted by Gasteiger charge is 2.27. The maximum Gasteiger partial charge on any atom is 0.222 e. The second kappa shape index (κ2) is 9.16. The van der Waals surface area contributed by atoms with Crippen LogP contribution in [0.1, 0.15) is 42.0 Å². The Morgan fingerprint density at radius 1 is 1.13 bits per heavy atom. The molecule has 30 heavy (non-hydrogen) atoms. The van der Waals surface area contributed by atoms with Crippen molar-refractivity contribution in [3.8, 4) is 11.3 Å². The normalized spacial score (nSPS) is 16.5. The number of aryl methyl sites for hydroxylation is 2. The summed E-state index contributed by atoms with van der Waals surface area (Å²) in [6.45, 7) is 3.51. The van der Waals surface area contributed by atoms with E-state index in [9.17, 15) is 9.18 Å². The SMILES string of the molecule is Cc1cccc(-c2nccnc2C2CCCN(C(=O)CCc3ccc(F)cc3)C2)c1. The highest BCUT2D eigenvalue weighted by atomic mass is 19.1. The van der Waals surface area contributed by atoms with Crippen molar-refractivity contribution in [2.45, 2.75) is 38.5 Å². The molecule has 0 bridgehead atoms. The van der Waals surface area contributed by atoms with Crippen LogP contribution in [0.5, 0.6) is 0 Å². The first-order valence-corrected chi connectivity index (χ1v) is 10.5. The minimum Gasteiger partial charge on any atom is -0.342 e. The van der Waals surface area contributed by atoms with Crippen molar-refractivity contribution in [2.75, 3.05) is 13.1 Å². The number of carbonyl (C=O) groups is 1. The van der Waals surface area contributed by atoms with E-state index in [0.717, 1.165) is 41.9 Å². The highest BCUT2D eigenvalue weighted by Crippen LogP contribution is 2.32. The summed E-state index contributed by atoms with van der Waals surface area (Å²) in [7, 11) is 0. The summed E-state index contributed by atoms with van der Waals surface area (Å²) in [6, 6.07) is 14.7. The largest absolute Gasteiger partial charge is 0.342 e. The molecule has 0 saturated carbocycles. The molecule has 1 unspecified atom stereocenters. The van der Waals surface area contributed by atoms with Crippen LogP contribution in [-0.4, -0.2) is 33.9 Å². The summed E-state index contributed by atoms with van der Waals surface area (Å²) in [6.07, 6.45) is 6.49. The van der Waals surface area contributed by atoms with Gasteiger partial charge < -0.3 is 4.90 Å². The maximum atomic E-state index is 13.1. The van der Waals surface area contributed by atoms with E-state index in [1.54, 1.807) is 24.5 Å². The molecule has 2 heterocycles. The van der Waals surface area contributed by atoms with Crippen LogP contribution < -0.4 is 0 Å². The molecule has 0 aliphatic carbocycles. The van der Waals surface area contributed by atoms with Gasteiger partial charge in [0.25, 0.3) is 0 Å². The number of carbonyl (C=O) groups excluding carboxylic acids is 1. The quantitative estimate of drug-likeness (QED) is 0.607. The molecule has 1 fully saturated rings. The molecule has 1 aromatic heterocycles. The summed E-state index contributed by atoms with van der Waals surface area (Å²) >= 11 is 0. The standard InChI is InChI=1S/C25H26FN3O/c1-18-4-2-5-20(16-18)24-25(28-14-13-27-24)21-6-3-15-29(17-21)23(30)12-9-19-7-10-22(26)11-8-19/h2,4-5,7-8,10-11,13-14,16,21H,3,6,9,12,15,17H2,1H3. The van der Waals surface area contributed by atoms with Crippen molar-refractivity contribution in [3.63, 3.8) is 0 Å². The lowest BCUT2D eigenvalue weighted by molar-refractivity contribution is -0.132. The van der Waals surface area contributed by atoms with Crippen LogP contribution in [0, 0.1) is 12.7 Å². The zero-order chi connectivity index (χ0) is 20.9. The molecular formula is C25H26FN3O. The van der Waals surface area contributed by atoms with Gasteiger partial charge in [0.05, 0.1) is 11.4 Å². The van der Waals surface area contributed by atoms with Gasteiger partial charge in [0.2, 0.25) is 5.91 Å². The van der Waals surface area contributed by atoms with Gasteiger partial charge >= 0.3 is 0 Å². The second-order valence-corrected chi connectivity index (χ2v) is 7.97. The number of hydrogen-bond donors (Lipinski definition) is 0. The Kier molecular flexibility index (Phi) is 6.17. The van der Waals surface area contributed by atoms with Gasteiger partial charge in [-0.2, -0.15) is 0 Å². The summed E-state index contributed by atoms with van der Waals surface area (Å²) in [5.74, 6) is 0.0695. The topological polar surface area (TPSA) is 46.1 Å². The molecule has 3 aromatic rings. The van der Waals surface area contributed by atoms with E-state index in [1.165, 1.54) is 17.7 Å². The molecule has 1 aliphatic heterocycles. The Labute approximate surface area is 176 Å². The van der Waals surface area contributed by atoms with Crippen LogP contribution >= 0.6 is 0 Å². The van der Waals surface area contributed by atoms with Crippen LogP contribution in [0.4, 0.5) is 4.39 Å². The lowest BCUT2D eigenvalue weighted by atomic mass is 9.91. The summed E-state index contributed by atoms with van der Waals surface area (Å²) in [5.41, 5.74) is 5.11. The number of rotatable bonds is 5. The van der Waals surface area contributed by atoms with E-state index in [1.807, 2.05) is 11.0 Å². The van der Waals surface area contributed by atoms with E-state index in [2.05, 4.69) is 35.1 Å². The van der Waals surface area contributed by atoms with E-state index in [-0.39, 0.29) is 17.6 Å². The predicted octanol–water partition coefficient (Wildman–Crippen LogP) is 4.93. The average molecular weight is 404 g/mol. The van der Waals surface area contributed by atoms with Crippen LogP contribution in [0.25, 0.3) is 11.3 Å². The van der Waals surface area contributed by atoms with E-state index in [4.69, 9.17) is 0 Å². The molecule has 1 saturated heterocycles. The molecule has 1 amide bonds. The van der Waals surface area contributed by atoms with Crippen molar-refractivity contribution in [1.82, 2.24) is 14.9 Å². The third kappa shape index (κ3) is 4.73. The fourth-order valence-electron chi connectivity index (χ4n) is 4.15. The minimum atomic E-state index is -0.252. The minimum absolute atomic E-state index is 0.144. The monoisotopic (exact) mass is 403 g/mol. The van der Waals surface area contributed by atoms with Crippen LogP contribution in [-0.2, 0) is 11.2 Å². The Balaban J connectivity index is 1.46. The van der Waals surface area contributed by atoms with E-state index >= 15 is 0 Å². The summed E-state index contributed by atoms with van der Waals surface area (Å²) in [4.78, 5) is 24.1. The van der Waals surface area contributed by atoms with Gasteiger partial charge in [-0.05, 0) is 49.9 Å².